The van der Waals surface area contributed by atoms with Crippen LogP contribution < -0.4 is 4.72 Å². The first-order valence-electron chi connectivity index (χ1n) is 4.23. The Labute approximate surface area is 83.0 Å². The van der Waals surface area contributed by atoms with Gasteiger partial charge in [-0.3, -0.25) is 0 Å². The van der Waals surface area contributed by atoms with Crippen LogP contribution in [0.25, 0.3) is 0 Å². The molecule has 0 saturated carbocycles. The lowest BCUT2D eigenvalue weighted by atomic mass is 10.2. The molecule has 0 atom stereocenters. The molecule has 14 heavy (non-hydrogen) atoms. The van der Waals surface area contributed by atoms with Crippen molar-refractivity contribution >= 4 is 10.0 Å². The number of aryl methyl sites for hydroxylation is 1. The third-order valence-electron chi connectivity index (χ3n) is 1.98. The Balaban J connectivity index is 3.22. The van der Waals surface area contributed by atoms with Gasteiger partial charge in [-0.05, 0) is 31.2 Å². The van der Waals surface area contributed by atoms with Gasteiger partial charge in [0.1, 0.15) is 5.82 Å². The number of benzene rings is 1. The zero-order chi connectivity index (χ0) is 10.8. The molecule has 0 aliphatic carbocycles. The van der Waals surface area contributed by atoms with Crippen LogP contribution in [0.3, 0.4) is 0 Å². The van der Waals surface area contributed by atoms with Crippen molar-refractivity contribution in [3.05, 3.63) is 29.6 Å². The molecule has 3 nitrogen and oxygen atoms in total. The maximum atomic E-state index is 13.2. The molecule has 0 heterocycles. The molecule has 0 unspecified atom stereocenters. The summed E-state index contributed by atoms with van der Waals surface area (Å²) in [5.41, 5.74) is 0.514. The van der Waals surface area contributed by atoms with Crippen LogP contribution in [-0.2, 0) is 16.4 Å². The van der Waals surface area contributed by atoms with Crippen LogP contribution in [0.2, 0.25) is 0 Å². The maximum absolute atomic E-state index is 13.2. The first kappa shape index (κ1) is 11.1. The highest BCUT2D eigenvalue weighted by atomic mass is 32.2. The Morgan fingerprint density at radius 3 is 2.50 bits per heavy atom. The van der Waals surface area contributed by atoms with E-state index in [2.05, 4.69) is 4.72 Å². The van der Waals surface area contributed by atoms with Crippen LogP contribution in [0, 0.1) is 5.82 Å². The van der Waals surface area contributed by atoms with Crippen molar-refractivity contribution in [3.8, 4) is 0 Å². The van der Waals surface area contributed by atoms with Gasteiger partial charge in [0.05, 0.1) is 4.90 Å². The van der Waals surface area contributed by atoms with E-state index in [1.165, 1.54) is 19.2 Å². The summed E-state index contributed by atoms with van der Waals surface area (Å²) >= 11 is 0. The Morgan fingerprint density at radius 1 is 1.43 bits per heavy atom. The second-order valence-electron chi connectivity index (χ2n) is 2.81. The summed E-state index contributed by atoms with van der Waals surface area (Å²) in [6, 6.07) is 3.91. The Hall–Kier alpha value is -0.940. The van der Waals surface area contributed by atoms with Crippen molar-refractivity contribution in [3.63, 3.8) is 0 Å². The Morgan fingerprint density at radius 2 is 2.07 bits per heavy atom. The molecule has 1 aromatic carbocycles. The van der Waals surface area contributed by atoms with Gasteiger partial charge >= 0.3 is 0 Å². The fourth-order valence-electron chi connectivity index (χ4n) is 1.10. The van der Waals surface area contributed by atoms with E-state index in [1.54, 1.807) is 0 Å². The highest BCUT2D eigenvalue weighted by molar-refractivity contribution is 7.89. The van der Waals surface area contributed by atoms with E-state index in [1.807, 2.05) is 6.92 Å². The minimum Gasteiger partial charge on any atom is -0.214 e. The van der Waals surface area contributed by atoms with Crippen LogP contribution in [0.4, 0.5) is 4.39 Å². The van der Waals surface area contributed by atoms with Gasteiger partial charge in [0.15, 0.2) is 0 Å². The van der Waals surface area contributed by atoms with Gasteiger partial charge in [-0.25, -0.2) is 17.5 Å². The highest BCUT2D eigenvalue weighted by Gasteiger charge is 2.13. The van der Waals surface area contributed by atoms with E-state index in [4.69, 9.17) is 0 Å². The van der Waals surface area contributed by atoms with Gasteiger partial charge < -0.3 is 0 Å². The van der Waals surface area contributed by atoms with E-state index >= 15 is 0 Å². The number of nitrogens with one attached hydrogen (secondary N) is 1. The van der Waals surface area contributed by atoms with Gasteiger partial charge in [-0.2, -0.15) is 0 Å². The summed E-state index contributed by atoms with van der Waals surface area (Å²) in [5, 5.41) is 0. The molecule has 0 saturated heterocycles. The standard InChI is InChI=1S/C9H12FNO2S/c1-3-7-4-5-8(6-9(7)10)14(12,13)11-2/h4-6,11H,3H2,1-2H3. The van der Waals surface area contributed by atoms with E-state index in [9.17, 15) is 12.8 Å². The van der Waals surface area contributed by atoms with Gasteiger partial charge in [0, 0.05) is 0 Å². The lowest BCUT2D eigenvalue weighted by Gasteiger charge is -2.04. The van der Waals surface area contributed by atoms with E-state index < -0.39 is 15.8 Å². The zero-order valence-corrected chi connectivity index (χ0v) is 8.86. The van der Waals surface area contributed by atoms with Crippen molar-refractivity contribution in [2.24, 2.45) is 0 Å². The van der Waals surface area contributed by atoms with Crippen molar-refractivity contribution in [2.75, 3.05) is 7.05 Å². The molecule has 1 aromatic rings. The lowest BCUT2D eigenvalue weighted by Crippen LogP contribution is -2.18. The Kier molecular flexibility index (Phi) is 3.23. The summed E-state index contributed by atoms with van der Waals surface area (Å²) in [4.78, 5) is -0.0466. The number of rotatable bonds is 3. The summed E-state index contributed by atoms with van der Waals surface area (Å²) in [6.07, 6.45) is 0.547. The van der Waals surface area contributed by atoms with Gasteiger partial charge in [-0.1, -0.05) is 13.0 Å². The highest BCUT2D eigenvalue weighted by Crippen LogP contribution is 2.14. The quantitative estimate of drug-likeness (QED) is 0.829. The molecular weight excluding hydrogens is 205 g/mol. The molecule has 0 aliphatic rings. The fourth-order valence-corrected chi connectivity index (χ4v) is 1.84. The second kappa shape index (κ2) is 4.06. The smallest absolute Gasteiger partial charge is 0.214 e. The predicted octanol–water partition coefficient (Wildman–Crippen LogP) is 1.30. The van der Waals surface area contributed by atoms with E-state index in [0.29, 0.717) is 12.0 Å². The lowest BCUT2D eigenvalue weighted by molar-refractivity contribution is 0.581. The first-order valence-corrected chi connectivity index (χ1v) is 5.71. The van der Waals surface area contributed by atoms with Gasteiger partial charge in [-0.15, -0.1) is 0 Å². The summed E-state index contributed by atoms with van der Waals surface area (Å²) in [6.45, 7) is 1.81. The molecule has 1 N–H and O–H groups in total. The van der Waals surface area contributed by atoms with Crippen LogP contribution in [0.1, 0.15) is 12.5 Å². The molecule has 0 aliphatic heterocycles. The maximum Gasteiger partial charge on any atom is 0.240 e. The SMILES string of the molecule is CCc1ccc(S(=O)(=O)NC)cc1F. The molecule has 0 fully saturated rings. The molecular formula is C9H12FNO2S. The summed E-state index contributed by atoms with van der Waals surface area (Å²) in [7, 11) is -2.24. The third-order valence-corrected chi connectivity index (χ3v) is 3.40. The van der Waals surface area contributed by atoms with Gasteiger partial charge in [0.25, 0.3) is 0 Å². The Bertz CT molecular complexity index is 428. The molecule has 78 valence electrons. The summed E-state index contributed by atoms with van der Waals surface area (Å²) in [5.74, 6) is -0.483. The number of sulfonamides is 1. The normalized spacial score (nSPS) is 11.6. The van der Waals surface area contributed by atoms with E-state index in [0.717, 1.165) is 6.07 Å². The minimum absolute atomic E-state index is 0.0466. The van der Waals surface area contributed by atoms with Crippen LogP contribution in [0.15, 0.2) is 23.1 Å². The van der Waals surface area contributed by atoms with E-state index in [-0.39, 0.29) is 4.90 Å². The van der Waals surface area contributed by atoms with Crippen LogP contribution in [0.5, 0.6) is 0 Å². The molecule has 0 spiro atoms. The largest absolute Gasteiger partial charge is 0.240 e. The second-order valence-corrected chi connectivity index (χ2v) is 4.70. The monoisotopic (exact) mass is 217 g/mol. The fraction of sp³-hybridized carbons (Fsp3) is 0.333. The molecule has 0 bridgehead atoms. The molecule has 0 radical (unpaired) electrons. The molecule has 5 heteroatoms. The van der Waals surface area contributed by atoms with Crippen molar-refractivity contribution in [2.45, 2.75) is 18.2 Å². The predicted molar refractivity (Wildman–Crippen MR) is 52.0 cm³/mol. The molecule has 0 amide bonds. The van der Waals surface area contributed by atoms with Crippen molar-refractivity contribution in [1.29, 1.82) is 0 Å². The minimum atomic E-state index is -3.54. The van der Waals surface area contributed by atoms with Gasteiger partial charge in [0.2, 0.25) is 10.0 Å². The number of hydrogen-bond donors (Lipinski definition) is 1. The number of halogens is 1. The average molecular weight is 217 g/mol. The van der Waals surface area contributed by atoms with Crippen LogP contribution >= 0.6 is 0 Å². The topological polar surface area (TPSA) is 46.2 Å². The summed E-state index contributed by atoms with van der Waals surface area (Å²) < 4.78 is 37.9. The average Bonchev–Trinajstić information content (AvgIpc) is 2.17. The first-order chi connectivity index (χ1) is 6.51. The van der Waals surface area contributed by atoms with Crippen molar-refractivity contribution < 1.29 is 12.8 Å². The van der Waals surface area contributed by atoms with Crippen LogP contribution in [-0.4, -0.2) is 15.5 Å². The molecule has 0 aromatic heterocycles. The third kappa shape index (κ3) is 2.10. The number of hydrogen-bond acceptors (Lipinski definition) is 2. The zero-order valence-electron chi connectivity index (χ0n) is 8.04. The van der Waals surface area contributed by atoms with Crippen molar-refractivity contribution in [1.82, 2.24) is 4.72 Å². The molecule has 1 rings (SSSR count).